The van der Waals surface area contributed by atoms with Crippen molar-refractivity contribution in [1.29, 1.82) is 0 Å². The van der Waals surface area contributed by atoms with E-state index in [1.54, 1.807) is 0 Å². The predicted octanol–water partition coefficient (Wildman–Crippen LogP) is 2.46. The molecule has 2 aromatic heterocycles. The van der Waals surface area contributed by atoms with Gasteiger partial charge in [0.1, 0.15) is 6.26 Å². The van der Waals surface area contributed by atoms with Crippen LogP contribution in [0.5, 0.6) is 0 Å². The summed E-state index contributed by atoms with van der Waals surface area (Å²) in [4.78, 5) is 12.3. The molecule has 0 fully saturated rings. The average Bonchev–Trinajstić information content (AvgIpc) is 2.85. The molecule has 0 bridgehead atoms. The van der Waals surface area contributed by atoms with Gasteiger partial charge in [0.15, 0.2) is 5.82 Å². The van der Waals surface area contributed by atoms with Crippen molar-refractivity contribution in [3.05, 3.63) is 28.8 Å². The van der Waals surface area contributed by atoms with E-state index in [9.17, 15) is 4.79 Å². The molecule has 2 rings (SSSR count). The van der Waals surface area contributed by atoms with Crippen molar-refractivity contribution < 1.29 is 9.32 Å². The van der Waals surface area contributed by atoms with Crippen LogP contribution in [0, 0.1) is 20.8 Å². The highest BCUT2D eigenvalue weighted by Crippen LogP contribution is 2.17. The minimum atomic E-state index is -0.200. The predicted molar refractivity (Wildman–Crippen MR) is 71.2 cm³/mol. The Morgan fingerprint density at radius 1 is 1.42 bits per heavy atom. The van der Waals surface area contributed by atoms with Gasteiger partial charge in [-0.25, -0.2) is 0 Å². The maximum Gasteiger partial charge on any atom is 0.260 e. The summed E-state index contributed by atoms with van der Waals surface area (Å²) < 4.78 is 6.66. The van der Waals surface area contributed by atoms with Crippen LogP contribution in [-0.2, 0) is 6.54 Å². The Labute approximate surface area is 111 Å². The Kier molecular flexibility index (Phi) is 3.69. The topological polar surface area (TPSA) is 73.0 Å². The first-order chi connectivity index (χ1) is 9.04. The van der Waals surface area contributed by atoms with Crippen molar-refractivity contribution in [1.82, 2.24) is 14.9 Å². The molecule has 0 aromatic carbocycles. The van der Waals surface area contributed by atoms with E-state index in [-0.39, 0.29) is 5.91 Å². The lowest BCUT2D eigenvalue weighted by atomic mass is 10.2. The third kappa shape index (κ3) is 2.52. The van der Waals surface area contributed by atoms with Crippen LogP contribution in [0.4, 0.5) is 5.82 Å². The number of hydrogen-bond donors (Lipinski definition) is 1. The van der Waals surface area contributed by atoms with E-state index >= 15 is 0 Å². The van der Waals surface area contributed by atoms with Gasteiger partial charge in [-0.3, -0.25) is 9.48 Å². The van der Waals surface area contributed by atoms with Crippen molar-refractivity contribution in [3.63, 3.8) is 0 Å². The number of aryl methyl sites for hydroxylation is 3. The van der Waals surface area contributed by atoms with Gasteiger partial charge < -0.3 is 9.84 Å². The summed E-state index contributed by atoms with van der Waals surface area (Å²) >= 11 is 0. The SMILES string of the molecule is CCCn1nc(C)c(C(=O)Nc2nocc2C)c1C. The first-order valence-electron chi connectivity index (χ1n) is 6.31. The fourth-order valence-electron chi connectivity index (χ4n) is 2.03. The lowest BCUT2D eigenvalue weighted by Crippen LogP contribution is -2.15. The van der Waals surface area contributed by atoms with Crippen LogP contribution in [0.2, 0.25) is 0 Å². The van der Waals surface area contributed by atoms with Gasteiger partial charge in [-0.15, -0.1) is 0 Å². The molecule has 0 aliphatic rings. The number of anilines is 1. The Morgan fingerprint density at radius 3 is 2.74 bits per heavy atom. The largest absolute Gasteiger partial charge is 0.362 e. The molecule has 0 spiro atoms. The van der Waals surface area contributed by atoms with Gasteiger partial charge >= 0.3 is 0 Å². The molecular weight excluding hydrogens is 244 g/mol. The third-order valence-corrected chi connectivity index (χ3v) is 3.02. The van der Waals surface area contributed by atoms with Crippen molar-refractivity contribution in [3.8, 4) is 0 Å². The van der Waals surface area contributed by atoms with Gasteiger partial charge in [0, 0.05) is 17.8 Å². The molecule has 0 aliphatic carbocycles. The molecule has 0 unspecified atom stereocenters. The highest BCUT2D eigenvalue weighted by molar-refractivity contribution is 6.05. The maximum absolute atomic E-state index is 12.3. The number of nitrogens with zero attached hydrogens (tertiary/aromatic N) is 3. The van der Waals surface area contributed by atoms with Gasteiger partial charge in [-0.1, -0.05) is 12.1 Å². The zero-order chi connectivity index (χ0) is 14.0. The number of carbonyl (C=O) groups is 1. The van der Waals surface area contributed by atoms with Crippen molar-refractivity contribution >= 4 is 11.7 Å². The number of aromatic nitrogens is 3. The van der Waals surface area contributed by atoms with E-state index in [1.165, 1.54) is 6.26 Å². The Bertz CT molecular complexity index is 598. The Hall–Kier alpha value is -2.11. The average molecular weight is 262 g/mol. The number of rotatable bonds is 4. The first-order valence-corrected chi connectivity index (χ1v) is 6.31. The summed E-state index contributed by atoms with van der Waals surface area (Å²) in [6.07, 6.45) is 2.47. The molecule has 0 radical (unpaired) electrons. The van der Waals surface area contributed by atoms with E-state index in [0.29, 0.717) is 11.4 Å². The first kappa shape index (κ1) is 13.3. The van der Waals surface area contributed by atoms with Crippen LogP contribution >= 0.6 is 0 Å². The number of carbonyl (C=O) groups excluding carboxylic acids is 1. The second-order valence-electron chi connectivity index (χ2n) is 4.57. The van der Waals surface area contributed by atoms with Crippen molar-refractivity contribution in [2.24, 2.45) is 0 Å². The molecule has 0 aliphatic heterocycles. The van der Waals surface area contributed by atoms with Crippen LogP contribution in [-0.4, -0.2) is 20.8 Å². The van der Waals surface area contributed by atoms with Gasteiger partial charge in [-0.2, -0.15) is 5.10 Å². The Balaban J connectivity index is 2.26. The molecular formula is C13H18N4O2. The van der Waals surface area contributed by atoms with E-state index in [1.807, 2.05) is 25.5 Å². The molecule has 1 N–H and O–H groups in total. The number of amides is 1. The van der Waals surface area contributed by atoms with Gasteiger partial charge in [0.25, 0.3) is 5.91 Å². The summed E-state index contributed by atoms with van der Waals surface area (Å²) in [6.45, 7) is 8.45. The highest BCUT2D eigenvalue weighted by atomic mass is 16.5. The zero-order valence-electron chi connectivity index (χ0n) is 11.6. The molecule has 2 heterocycles. The normalized spacial score (nSPS) is 10.7. The lowest BCUT2D eigenvalue weighted by Gasteiger charge is -2.04. The van der Waals surface area contributed by atoms with Gasteiger partial charge in [-0.05, 0) is 27.2 Å². The van der Waals surface area contributed by atoms with Crippen LogP contribution in [0.25, 0.3) is 0 Å². The van der Waals surface area contributed by atoms with E-state index < -0.39 is 0 Å². The molecule has 0 saturated carbocycles. The molecule has 19 heavy (non-hydrogen) atoms. The van der Waals surface area contributed by atoms with Crippen LogP contribution < -0.4 is 5.32 Å². The third-order valence-electron chi connectivity index (χ3n) is 3.02. The van der Waals surface area contributed by atoms with Crippen LogP contribution in [0.1, 0.15) is 40.7 Å². The van der Waals surface area contributed by atoms with E-state index in [0.717, 1.165) is 29.9 Å². The van der Waals surface area contributed by atoms with Crippen molar-refractivity contribution in [2.45, 2.75) is 40.7 Å². The monoisotopic (exact) mass is 262 g/mol. The molecule has 0 atom stereocenters. The summed E-state index contributed by atoms with van der Waals surface area (Å²) in [6, 6.07) is 0. The molecule has 6 nitrogen and oxygen atoms in total. The summed E-state index contributed by atoms with van der Waals surface area (Å²) in [5.74, 6) is 0.251. The van der Waals surface area contributed by atoms with E-state index in [2.05, 4.69) is 22.5 Å². The fraction of sp³-hybridized carbons (Fsp3) is 0.462. The summed E-state index contributed by atoms with van der Waals surface area (Å²) in [5, 5.41) is 10.9. The second-order valence-corrected chi connectivity index (χ2v) is 4.57. The fourth-order valence-corrected chi connectivity index (χ4v) is 2.03. The maximum atomic E-state index is 12.3. The zero-order valence-corrected chi connectivity index (χ0v) is 11.6. The van der Waals surface area contributed by atoms with Crippen molar-refractivity contribution in [2.75, 3.05) is 5.32 Å². The quantitative estimate of drug-likeness (QED) is 0.918. The standard InChI is InChI=1S/C13H18N4O2/c1-5-6-17-10(4)11(9(3)15-17)13(18)14-12-8(2)7-19-16-12/h7H,5-6H2,1-4H3,(H,14,16,18). The smallest absolute Gasteiger partial charge is 0.260 e. The number of hydrogen-bond acceptors (Lipinski definition) is 4. The molecule has 1 amide bonds. The molecule has 0 saturated heterocycles. The second kappa shape index (κ2) is 5.26. The van der Waals surface area contributed by atoms with Crippen LogP contribution in [0.15, 0.2) is 10.8 Å². The van der Waals surface area contributed by atoms with Crippen LogP contribution in [0.3, 0.4) is 0 Å². The van der Waals surface area contributed by atoms with Gasteiger partial charge in [0.05, 0.1) is 11.3 Å². The summed E-state index contributed by atoms with van der Waals surface area (Å²) in [5.41, 5.74) is 3.00. The molecule has 102 valence electrons. The molecule has 6 heteroatoms. The number of nitrogens with one attached hydrogen (secondary N) is 1. The minimum Gasteiger partial charge on any atom is -0.362 e. The Morgan fingerprint density at radius 2 is 2.16 bits per heavy atom. The lowest BCUT2D eigenvalue weighted by molar-refractivity contribution is 0.102. The minimum absolute atomic E-state index is 0.200. The highest BCUT2D eigenvalue weighted by Gasteiger charge is 2.19. The molecule has 2 aromatic rings. The van der Waals surface area contributed by atoms with Gasteiger partial charge in [0.2, 0.25) is 0 Å². The summed E-state index contributed by atoms with van der Waals surface area (Å²) in [7, 11) is 0. The van der Waals surface area contributed by atoms with E-state index in [4.69, 9.17) is 4.52 Å².